The van der Waals surface area contributed by atoms with E-state index in [0.717, 1.165) is 43.2 Å². The SMILES string of the molecule is CC(Cc1cccc(C2(C)CCC(C)(C)COc3cn(nn3)Cc3c(c(F)cc4[nH]ccc34)Oc3ccc(F)c(c3)-c3nc2nn3C)c1)C(=O)O.CCOC(=O)C(C)Cc1cccc(C(C)(CCC(C)(C)CO)c2nc(-c3cc(Oc4c(F)cc5c(ccn5S(=O)(=O)c5ccccc5)c4Cn4cc(OCc5ccccc5)nn4)ccc3F)n(C)n2)c1. The van der Waals surface area contributed by atoms with Crippen molar-refractivity contribution in [1.82, 2.24) is 68.5 Å². The van der Waals surface area contributed by atoms with Gasteiger partial charge in [0.2, 0.25) is 0 Å². The zero-order chi connectivity index (χ0) is 85.9. The summed E-state index contributed by atoms with van der Waals surface area (Å²) in [6, 6.07) is 47.1. The molecule has 14 aromatic rings. The number of nitrogens with one attached hydrogen (secondary N) is 1. The number of aliphatic hydroxyl groups is 1. The molecule has 4 unspecified atom stereocenters. The fraction of sp³-hybridized carbons (Fsp3) is 0.319. The Morgan fingerprint density at radius 2 is 1.40 bits per heavy atom. The lowest BCUT2D eigenvalue weighted by Gasteiger charge is -2.32. The number of nitrogens with zero attached hydrogens (tertiary/aromatic N) is 13. The van der Waals surface area contributed by atoms with Crippen molar-refractivity contribution < 1.29 is 69.5 Å². The van der Waals surface area contributed by atoms with Crippen molar-refractivity contribution in [3.8, 4) is 57.5 Å². The first-order chi connectivity index (χ1) is 57.8. The minimum absolute atomic E-state index is 0.0144. The highest BCUT2D eigenvalue weighted by molar-refractivity contribution is 7.90. The van der Waals surface area contributed by atoms with Gasteiger partial charge in [0.05, 0.1) is 82.9 Å². The van der Waals surface area contributed by atoms with Gasteiger partial charge in [-0.3, -0.25) is 9.59 Å². The van der Waals surface area contributed by atoms with Gasteiger partial charge in [-0.15, -0.1) is 0 Å². The van der Waals surface area contributed by atoms with E-state index in [1.54, 1.807) is 75.5 Å². The third kappa shape index (κ3) is 18.5. The Bertz CT molecular complexity index is 6240. The Hall–Kier alpha value is -12.8. The first-order valence-corrected chi connectivity index (χ1v) is 41.2. The number of carbonyl (C=O) groups is 2. The number of halogens is 4. The van der Waals surface area contributed by atoms with Crippen molar-refractivity contribution >= 4 is 43.8 Å². The predicted molar refractivity (Wildman–Crippen MR) is 446 cm³/mol. The van der Waals surface area contributed by atoms with Gasteiger partial charge in [-0.05, 0) is 159 Å². The molecule has 3 N–H and O–H groups in total. The summed E-state index contributed by atoms with van der Waals surface area (Å²) >= 11 is 0. The van der Waals surface area contributed by atoms with Crippen LogP contribution in [0, 0.1) is 45.9 Å². The van der Waals surface area contributed by atoms with Crippen LogP contribution in [0.1, 0.15) is 139 Å². The normalized spacial score (nSPS) is 15.3. The lowest BCUT2D eigenvalue weighted by molar-refractivity contribution is -0.147. The molecule has 30 heteroatoms. The first kappa shape index (κ1) is 84.6. The highest BCUT2D eigenvalue weighted by atomic mass is 32.2. The Morgan fingerprint density at radius 3 is 2.14 bits per heavy atom. The van der Waals surface area contributed by atoms with Crippen LogP contribution in [0.15, 0.2) is 200 Å². The van der Waals surface area contributed by atoms with E-state index >= 15 is 17.6 Å². The highest BCUT2D eigenvalue weighted by Crippen LogP contribution is 2.45. The zero-order valence-electron chi connectivity index (χ0n) is 68.9. The van der Waals surface area contributed by atoms with E-state index in [2.05, 4.69) is 39.5 Å². The predicted octanol–water partition coefficient (Wildman–Crippen LogP) is 17.3. The van der Waals surface area contributed by atoms with Gasteiger partial charge >= 0.3 is 11.9 Å². The summed E-state index contributed by atoms with van der Waals surface area (Å²) in [7, 11) is -0.795. The maximum Gasteiger partial charge on any atom is 0.308 e. The molecular weight excluding hydrogens is 1570 g/mol. The monoisotopic (exact) mass is 1670 g/mol. The maximum atomic E-state index is 16.8. The second-order valence-electron chi connectivity index (χ2n) is 32.8. The number of rotatable bonds is 24. The average Bonchev–Trinajstić information content (AvgIpc) is 1.54. The molecule has 121 heavy (non-hydrogen) atoms. The number of H-pyrrole nitrogens is 1. The van der Waals surface area contributed by atoms with Crippen LogP contribution < -0.4 is 18.9 Å². The van der Waals surface area contributed by atoms with Gasteiger partial charge in [0.1, 0.15) is 29.7 Å². The molecule has 6 bridgehead atoms. The number of ether oxygens (including phenoxy) is 5. The van der Waals surface area contributed by atoms with E-state index in [4.69, 9.17) is 43.8 Å². The quantitative estimate of drug-likeness (QED) is 0.0374. The molecule has 1 aliphatic heterocycles. The van der Waals surface area contributed by atoms with Crippen LogP contribution in [-0.4, -0.2) is 119 Å². The molecule has 15 rings (SSSR count). The summed E-state index contributed by atoms with van der Waals surface area (Å²) < 4.78 is 129. The molecule has 25 nitrogen and oxygen atoms in total. The minimum atomic E-state index is -4.16. The smallest absolute Gasteiger partial charge is 0.308 e. The third-order valence-corrected chi connectivity index (χ3v) is 24.0. The number of carboxylic acids is 1. The molecule has 0 fully saturated rings. The summed E-state index contributed by atoms with van der Waals surface area (Å²) in [5.41, 5.74) is 3.63. The Balaban J connectivity index is 0.000000208. The minimum Gasteiger partial charge on any atom is -0.481 e. The number of aliphatic hydroxyl groups excluding tert-OH is 1. The van der Waals surface area contributed by atoms with Crippen LogP contribution in [0.4, 0.5) is 17.6 Å². The fourth-order valence-corrected chi connectivity index (χ4v) is 16.2. The first-order valence-electron chi connectivity index (χ1n) is 39.8. The number of fused-ring (bicyclic) bond motifs is 11. The van der Waals surface area contributed by atoms with E-state index in [-0.39, 0.29) is 118 Å². The van der Waals surface area contributed by atoms with Gasteiger partial charge in [0, 0.05) is 72.6 Å². The van der Waals surface area contributed by atoms with Gasteiger partial charge in [0.15, 0.2) is 46.4 Å². The summed E-state index contributed by atoms with van der Waals surface area (Å²) in [6.45, 7) is 18.3. The van der Waals surface area contributed by atoms with Gasteiger partial charge in [0.25, 0.3) is 21.8 Å². The van der Waals surface area contributed by atoms with E-state index in [0.29, 0.717) is 79.1 Å². The van der Waals surface area contributed by atoms with Gasteiger partial charge in [-0.1, -0.05) is 159 Å². The number of carboxylic acid groups (broad SMARTS) is 1. The van der Waals surface area contributed by atoms with Crippen LogP contribution in [0.5, 0.6) is 34.8 Å². The molecule has 0 saturated carbocycles. The molecule has 0 amide bonds. The number of aliphatic carboxylic acids is 1. The van der Waals surface area contributed by atoms with Gasteiger partial charge < -0.3 is 38.9 Å². The van der Waals surface area contributed by atoms with Crippen molar-refractivity contribution in [1.29, 1.82) is 0 Å². The van der Waals surface area contributed by atoms with Crippen LogP contribution in [0.3, 0.4) is 0 Å². The average molecular weight is 1670 g/mol. The number of carbonyl (C=O) groups excluding carboxylic acids is 1. The number of hydrogen-bond acceptors (Lipinski definition) is 18. The molecule has 6 aromatic heterocycles. The van der Waals surface area contributed by atoms with Gasteiger partial charge in [-0.2, -0.15) is 10.2 Å². The second kappa shape index (κ2) is 34.9. The zero-order valence-corrected chi connectivity index (χ0v) is 69.7. The molecule has 8 aromatic carbocycles. The molecule has 4 atom stereocenters. The second-order valence-corrected chi connectivity index (χ2v) is 34.6. The van der Waals surface area contributed by atoms with Crippen LogP contribution in [0.25, 0.3) is 44.6 Å². The van der Waals surface area contributed by atoms with Crippen molar-refractivity contribution in [3.05, 3.63) is 269 Å². The van der Waals surface area contributed by atoms with E-state index in [1.807, 2.05) is 120 Å². The van der Waals surface area contributed by atoms with E-state index in [1.165, 1.54) is 74.8 Å². The van der Waals surface area contributed by atoms with E-state index in [9.17, 15) is 28.2 Å². The van der Waals surface area contributed by atoms with Gasteiger partial charge in [-0.25, -0.2) is 58.6 Å². The largest absolute Gasteiger partial charge is 0.481 e. The molecule has 0 aliphatic carbocycles. The summed E-state index contributed by atoms with van der Waals surface area (Å²) in [5.74, 6) is -2.96. The van der Waals surface area contributed by atoms with Crippen molar-refractivity contribution in [2.45, 2.75) is 136 Å². The molecule has 7 heterocycles. The van der Waals surface area contributed by atoms with Crippen molar-refractivity contribution in [3.63, 3.8) is 0 Å². The number of aromatic nitrogens is 14. The highest BCUT2D eigenvalue weighted by Gasteiger charge is 2.40. The third-order valence-electron chi connectivity index (χ3n) is 22.3. The van der Waals surface area contributed by atoms with Crippen molar-refractivity contribution in [2.24, 2.45) is 36.8 Å². The number of esters is 1. The molecule has 1 aliphatic rings. The van der Waals surface area contributed by atoms with Crippen molar-refractivity contribution in [2.75, 3.05) is 19.8 Å². The topological polar surface area (TPSA) is 298 Å². The standard InChI is InChI=1S/C53H55F2N7O7S.C38H39F2N7O4/c1-7-67-50(64)35(2)27-37-17-14-18-38(28-37)53(5,25-24-52(3,4)34-63)51-56-49(60(6)58-51)42-29-39(21-22-44(42)54)69-48-43(31-61-32-47(57-59-61)68-33-36-15-10-8-11-16-36)41-23-26-62(46(41)30-45(48)55)70(65,66)40-19-12-9-13-20-40;1-22(35(48)49)15-23-7-6-8-24(16-23)38(4)13-12-37(2,3)21-50-32-20-47(45-43-32)19-28-26-11-14-41-31(26)18-30(40)33(28)51-25-9-10-29(39)27(17-25)34-42-36(38)44-46(34)5/h8-23,26,28-30,32,35,63H,7,24-25,27,31,33-34H2,1-6H3;6-11,14,16-18,20,22,41H,12-13,15,19,21H2,1-5H3,(H,48,49). The lowest BCUT2D eigenvalue weighted by Crippen LogP contribution is -2.30. The summed E-state index contributed by atoms with van der Waals surface area (Å²) in [4.78, 5) is 37.2. The number of benzene rings is 8. The summed E-state index contributed by atoms with van der Waals surface area (Å²) in [6.07, 6.45) is 9.46. The summed E-state index contributed by atoms with van der Waals surface area (Å²) in [5, 5.41) is 47.5. The molecule has 0 spiro atoms. The fourth-order valence-electron chi connectivity index (χ4n) is 14.9. The number of aryl methyl sites for hydroxylation is 2. The molecule has 628 valence electrons. The Kier molecular flexibility index (Phi) is 24.4. The van der Waals surface area contributed by atoms with Crippen LogP contribution in [0.2, 0.25) is 0 Å². The van der Waals surface area contributed by atoms with Crippen LogP contribution >= 0.6 is 0 Å². The Morgan fingerprint density at radius 1 is 0.702 bits per heavy atom. The number of hydrogen-bond donors (Lipinski definition) is 3. The molecular formula is C91H94F4N14O11S. The molecule has 0 saturated heterocycles. The maximum absolute atomic E-state index is 16.8. The van der Waals surface area contributed by atoms with E-state index < -0.39 is 61.4 Å². The Labute approximate surface area is 697 Å². The number of aromatic amines is 1. The lowest BCUT2D eigenvalue weighted by atomic mass is 9.73. The molecule has 0 radical (unpaired) electrons. The van der Waals surface area contributed by atoms with Crippen LogP contribution in [-0.2, 0) is 81.8 Å².